The fourth-order valence-corrected chi connectivity index (χ4v) is 6.91. The first-order chi connectivity index (χ1) is 22.8. The van der Waals surface area contributed by atoms with E-state index < -0.39 is 0 Å². The molecule has 0 atom stereocenters. The molecule has 216 valence electrons. The van der Waals surface area contributed by atoms with Crippen LogP contribution in [0.2, 0.25) is 0 Å². The Morgan fingerprint density at radius 2 is 0.891 bits per heavy atom. The molecule has 9 rings (SSSR count). The molecule has 46 heavy (non-hydrogen) atoms. The van der Waals surface area contributed by atoms with E-state index in [1.807, 2.05) is 0 Å². The first-order valence-corrected chi connectivity index (χ1v) is 15.7. The van der Waals surface area contributed by atoms with E-state index in [1.165, 1.54) is 27.3 Å². The second-order valence-electron chi connectivity index (χ2n) is 11.7. The zero-order chi connectivity index (χ0) is 30.5. The van der Waals surface area contributed by atoms with Crippen LogP contribution in [0.1, 0.15) is 0 Å². The van der Waals surface area contributed by atoms with Crippen LogP contribution in [0.4, 0.5) is 17.1 Å². The topological polar surface area (TPSA) is 16.4 Å². The quantitative estimate of drug-likeness (QED) is 0.199. The number of rotatable bonds is 5. The van der Waals surface area contributed by atoms with Gasteiger partial charge in [0.2, 0.25) is 0 Å². The van der Waals surface area contributed by atoms with Gasteiger partial charge in [-0.2, -0.15) is 0 Å². The molecule has 0 aliphatic rings. The van der Waals surface area contributed by atoms with Crippen molar-refractivity contribution in [1.82, 2.24) is 0 Å². The van der Waals surface area contributed by atoms with Crippen LogP contribution in [-0.2, 0) is 0 Å². The Kier molecular flexibility index (Phi) is 6.17. The molecule has 0 N–H and O–H groups in total. The maximum Gasteiger partial charge on any atom is 0.143 e. The largest absolute Gasteiger partial charge is 0.455 e. The van der Waals surface area contributed by atoms with Crippen molar-refractivity contribution in [3.05, 3.63) is 176 Å². The van der Waals surface area contributed by atoms with Crippen molar-refractivity contribution in [2.45, 2.75) is 0 Å². The molecule has 0 fully saturated rings. The molecule has 0 bridgehead atoms. The number of hydrogen-bond acceptors (Lipinski definition) is 2. The van der Waals surface area contributed by atoms with E-state index in [2.05, 4.69) is 181 Å². The third-order valence-electron chi connectivity index (χ3n) is 9.06. The molecule has 0 spiro atoms. The van der Waals surface area contributed by atoms with Gasteiger partial charge in [0.1, 0.15) is 11.2 Å². The average molecular weight is 588 g/mol. The van der Waals surface area contributed by atoms with E-state index in [4.69, 9.17) is 4.42 Å². The van der Waals surface area contributed by atoms with Crippen molar-refractivity contribution in [3.63, 3.8) is 0 Å². The summed E-state index contributed by atoms with van der Waals surface area (Å²) < 4.78 is 6.78. The molecule has 0 saturated carbocycles. The molecule has 1 aromatic heterocycles. The van der Waals surface area contributed by atoms with Crippen LogP contribution >= 0.6 is 0 Å². The number of hydrogen-bond donors (Lipinski definition) is 0. The zero-order valence-corrected chi connectivity index (χ0v) is 25.1. The summed E-state index contributed by atoms with van der Waals surface area (Å²) in [6.45, 7) is 0. The van der Waals surface area contributed by atoms with Gasteiger partial charge in [0.05, 0.1) is 5.69 Å². The van der Waals surface area contributed by atoms with Gasteiger partial charge in [0.25, 0.3) is 0 Å². The predicted octanol–water partition coefficient (Wildman–Crippen LogP) is 12.7. The Labute approximate surface area is 267 Å². The van der Waals surface area contributed by atoms with E-state index >= 15 is 0 Å². The molecule has 0 aliphatic carbocycles. The number of nitrogens with zero attached hydrogens (tertiary/aromatic N) is 1. The Hall–Kier alpha value is -6.12. The van der Waals surface area contributed by atoms with Crippen LogP contribution in [0.15, 0.2) is 180 Å². The van der Waals surface area contributed by atoms with E-state index in [9.17, 15) is 0 Å². The summed E-state index contributed by atoms with van der Waals surface area (Å²) in [6.07, 6.45) is 0. The summed E-state index contributed by atoms with van der Waals surface area (Å²) in [6, 6.07) is 62.6. The van der Waals surface area contributed by atoms with Crippen molar-refractivity contribution in [2.24, 2.45) is 0 Å². The lowest BCUT2D eigenvalue weighted by Gasteiger charge is -2.28. The SMILES string of the molecule is c1ccc(N(c2ccc(-c3cccc4ccccc34)cc2)c2ccccc2-c2cccc3c2oc2c4ccccc4ccc32)cc1. The smallest absolute Gasteiger partial charge is 0.143 e. The highest BCUT2D eigenvalue weighted by Gasteiger charge is 2.20. The first-order valence-electron chi connectivity index (χ1n) is 15.7. The van der Waals surface area contributed by atoms with Crippen molar-refractivity contribution in [2.75, 3.05) is 4.90 Å². The van der Waals surface area contributed by atoms with Crippen LogP contribution in [0.3, 0.4) is 0 Å². The van der Waals surface area contributed by atoms with Gasteiger partial charge in [-0.05, 0) is 63.7 Å². The fourth-order valence-electron chi connectivity index (χ4n) is 6.91. The number of benzene rings is 8. The molecular weight excluding hydrogens is 558 g/mol. The monoisotopic (exact) mass is 587 g/mol. The van der Waals surface area contributed by atoms with Crippen LogP contribution < -0.4 is 4.90 Å². The summed E-state index contributed by atoms with van der Waals surface area (Å²) in [5.41, 5.74) is 9.72. The third-order valence-corrected chi connectivity index (χ3v) is 9.06. The van der Waals surface area contributed by atoms with Crippen molar-refractivity contribution >= 4 is 60.5 Å². The summed E-state index contributed by atoms with van der Waals surface area (Å²) in [5, 5.41) is 7.08. The minimum Gasteiger partial charge on any atom is -0.455 e. The normalized spacial score (nSPS) is 11.5. The highest BCUT2D eigenvalue weighted by atomic mass is 16.3. The van der Waals surface area contributed by atoms with E-state index in [-0.39, 0.29) is 0 Å². The number of furan rings is 1. The lowest BCUT2D eigenvalue weighted by Crippen LogP contribution is -2.11. The maximum atomic E-state index is 6.78. The number of para-hydroxylation sites is 3. The second kappa shape index (κ2) is 10.8. The van der Waals surface area contributed by atoms with Crippen LogP contribution in [0.5, 0.6) is 0 Å². The van der Waals surface area contributed by atoms with Gasteiger partial charge in [-0.25, -0.2) is 0 Å². The first kappa shape index (κ1) is 26.3. The number of fused-ring (bicyclic) bond motifs is 6. The van der Waals surface area contributed by atoms with Crippen LogP contribution in [-0.4, -0.2) is 0 Å². The lowest BCUT2D eigenvalue weighted by molar-refractivity contribution is 0.674. The molecule has 0 amide bonds. The Balaban J connectivity index is 1.22. The summed E-state index contributed by atoms with van der Waals surface area (Å²) in [4.78, 5) is 2.35. The van der Waals surface area contributed by atoms with Gasteiger partial charge in [0.15, 0.2) is 0 Å². The van der Waals surface area contributed by atoms with Gasteiger partial charge in [-0.15, -0.1) is 0 Å². The van der Waals surface area contributed by atoms with Gasteiger partial charge in [-0.1, -0.05) is 140 Å². The Morgan fingerprint density at radius 1 is 0.326 bits per heavy atom. The molecule has 0 aliphatic heterocycles. The Morgan fingerprint density at radius 3 is 1.74 bits per heavy atom. The second-order valence-corrected chi connectivity index (χ2v) is 11.7. The number of anilines is 3. The minimum absolute atomic E-state index is 0.903. The summed E-state index contributed by atoms with van der Waals surface area (Å²) >= 11 is 0. The molecule has 0 unspecified atom stereocenters. The molecule has 1 heterocycles. The predicted molar refractivity (Wildman–Crippen MR) is 194 cm³/mol. The zero-order valence-electron chi connectivity index (χ0n) is 25.1. The fraction of sp³-hybridized carbons (Fsp3) is 0. The average Bonchev–Trinajstić information content (AvgIpc) is 3.52. The van der Waals surface area contributed by atoms with Gasteiger partial charge < -0.3 is 9.32 Å². The molecule has 9 aromatic rings. The van der Waals surface area contributed by atoms with Gasteiger partial charge >= 0.3 is 0 Å². The van der Waals surface area contributed by atoms with Crippen molar-refractivity contribution in [1.29, 1.82) is 0 Å². The van der Waals surface area contributed by atoms with E-state index in [0.29, 0.717) is 0 Å². The third kappa shape index (κ3) is 4.27. The molecule has 0 radical (unpaired) electrons. The van der Waals surface area contributed by atoms with Crippen molar-refractivity contribution in [3.8, 4) is 22.3 Å². The Bertz CT molecular complexity index is 2520. The molecule has 0 saturated heterocycles. The molecular formula is C44H29NO. The summed E-state index contributed by atoms with van der Waals surface area (Å²) in [7, 11) is 0. The highest BCUT2D eigenvalue weighted by molar-refractivity contribution is 6.17. The standard InChI is InChI=1S/C44H29NO/c1-2-15-33(16-3-1)45(34-27-24-32(25-28-34)36-20-10-14-30-12-4-6-17-35(30)36)42-23-9-8-19-38(42)39-21-11-22-40-41-29-26-31-13-5-7-18-37(31)43(41)46-44(39)40/h1-29H. The van der Waals surface area contributed by atoms with E-state index in [0.717, 1.165) is 55.5 Å². The summed E-state index contributed by atoms with van der Waals surface area (Å²) in [5.74, 6) is 0. The minimum atomic E-state index is 0.903. The molecule has 2 heteroatoms. The lowest BCUT2D eigenvalue weighted by atomic mass is 9.97. The maximum absolute atomic E-state index is 6.78. The highest BCUT2D eigenvalue weighted by Crippen LogP contribution is 2.45. The van der Waals surface area contributed by atoms with Crippen LogP contribution in [0.25, 0.3) is 65.7 Å². The molecule has 2 nitrogen and oxygen atoms in total. The molecule has 8 aromatic carbocycles. The van der Waals surface area contributed by atoms with E-state index in [1.54, 1.807) is 0 Å². The van der Waals surface area contributed by atoms with Crippen molar-refractivity contribution < 1.29 is 4.42 Å². The van der Waals surface area contributed by atoms with Gasteiger partial charge in [0, 0.05) is 38.7 Å². The van der Waals surface area contributed by atoms with Gasteiger partial charge in [-0.3, -0.25) is 0 Å². The van der Waals surface area contributed by atoms with Crippen LogP contribution in [0, 0.1) is 0 Å².